The molecule has 27 heavy (non-hydrogen) atoms. The lowest BCUT2D eigenvalue weighted by Gasteiger charge is -2.23. The Balaban J connectivity index is 0.00000676. The Morgan fingerprint density at radius 2 is 1.81 bits per heavy atom. The summed E-state index contributed by atoms with van der Waals surface area (Å²) in [4.78, 5) is 20.1. The smallest absolute Gasteiger partial charge is 0.243 e. The molecule has 0 bridgehead atoms. The first kappa shape index (κ1) is 25.5. The molecule has 0 unspecified atom stereocenters. The maximum atomic E-state index is 11.8. The van der Waals surface area contributed by atoms with Gasteiger partial charge in [0.1, 0.15) is 6.54 Å². The lowest BCUT2D eigenvalue weighted by Crippen LogP contribution is -2.41. The Labute approximate surface area is 181 Å². The number of hydrogen-bond donors (Lipinski definition) is 2. The van der Waals surface area contributed by atoms with Gasteiger partial charge in [-0.25, -0.2) is 4.99 Å². The minimum Gasteiger partial charge on any atom is -0.372 e. The Bertz CT molecular complexity index is 549. The number of carbonyl (C=O) groups excluding carboxylic acids is 1. The van der Waals surface area contributed by atoms with Gasteiger partial charge < -0.3 is 20.4 Å². The normalized spacial score (nSPS) is 11.0. The topological polar surface area (TPSA) is 60.0 Å². The highest BCUT2D eigenvalue weighted by molar-refractivity contribution is 14.0. The van der Waals surface area contributed by atoms with Crippen molar-refractivity contribution < 1.29 is 4.79 Å². The van der Waals surface area contributed by atoms with E-state index < -0.39 is 0 Å². The van der Waals surface area contributed by atoms with Crippen LogP contribution in [-0.2, 0) is 4.79 Å². The Morgan fingerprint density at radius 1 is 1.15 bits per heavy atom. The highest BCUT2D eigenvalue weighted by Gasteiger charge is 2.06. The second kappa shape index (κ2) is 14.5. The van der Waals surface area contributed by atoms with Gasteiger partial charge in [-0.1, -0.05) is 32.0 Å². The average Bonchev–Trinajstić information content (AvgIpc) is 2.63. The van der Waals surface area contributed by atoms with Crippen LogP contribution in [0.5, 0.6) is 0 Å². The van der Waals surface area contributed by atoms with E-state index in [0.717, 1.165) is 32.6 Å². The maximum Gasteiger partial charge on any atom is 0.243 e. The van der Waals surface area contributed by atoms with Gasteiger partial charge in [-0.3, -0.25) is 4.79 Å². The van der Waals surface area contributed by atoms with Crippen molar-refractivity contribution in [2.24, 2.45) is 10.9 Å². The van der Waals surface area contributed by atoms with Crippen molar-refractivity contribution in [1.29, 1.82) is 0 Å². The number of nitrogens with zero attached hydrogens (tertiary/aromatic N) is 3. The van der Waals surface area contributed by atoms with Gasteiger partial charge in [0.05, 0.1) is 0 Å². The molecule has 7 heteroatoms. The van der Waals surface area contributed by atoms with E-state index >= 15 is 0 Å². The number of para-hydroxylation sites is 1. The third-order valence-corrected chi connectivity index (χ3v) is 3.95. The van der Waals surface area contributed by atoms with Crippen LogP contribution in [0.3, 0.4) is 0 Å². The fraction of sp³-hybridized carbons (Fsp3) is 0.600. The van der Waals surface area contributed by atoms with Crippen LogP contribution in [0.1, 0.15) is 27.2 Å². The zero-order valence-corrected chi connectivity index (χ0v) is 19.7. The molecule has 0 heterocycles. The zero-order chi connectivity index (χ0) is 19.4. The largest absolute Gasteiger partial charge is 0.372 e. The second-order valence-corrected chi connectivity index (χ2v) is 6.92. The number of halogens is 1. The molecule has 0 aliphatic carbocycles. The number of hydrogen-bond acceptors (Lipinski definition) is 3. The van der Waals surface area contributed by atoms with Crippen molar-refractivity contribution in [3.05, 3.63) is 30.3 Å². The minimum atomic E-state index is -0.00289. The second-order valence-electron chi connectivity index (χ2n) is 6.92. The van der Waals surface area contributed by atoms with Crippen molar-refractivity contribution in [2.45, 2.75) is 27.2 Å². The molecule has 0 atom stereocenters. The predicted octanol–water partition coefficient (Wildman–Crippen LogP) is 2.80. The van der Waals surface area contributed by atoms with Gasteiger partial charge in [0.2, 0.25) is 5.91 Å². The lowest BCUT2D eigenvalue weighted by atomic mass is 10.2. The Hall–Kier alpha value is -1.51. The van der Waals surface area contributed by atoms with Crippen LogP contribution < -0.4 is 15.5 Å². The fourth-order valence-corrected chi connectivity index (χ4v) is 2.35. The Morgan fingerprint density at radius 3 is 2.37 bits per heavy atom. The molecule has 2 N–H and O–H groups in total. The number of rotatable bonds is 10. The van der Waals surface area contributed by atoms with E-state index in [0.29, 0.717) is 11.9 Å². The molecule has 0 saturated heterocycles. The molecule has 0 fully saturated rings. The molecule has 1 aromatic carbocycles. The summed E-state index contributed by atoms with van der Waals surface area (Å²) in [6, 6.07) is 10.5. The van der Waals surface area contributed by atoms with E-state index in [1.165, 1.54) is 5.69 Å². The number of guanidine groups is 1. The third-order valence-electron chi connectivity index (χ3n) is 3.95. The van der Waals surface area contributed by atoms with Crippen molar-refractivity contribution in [1.82, 2.24) is 15.5 Å². The quantitative estimate of drug-likeness (QED) is 0.230. The first-order valence-corrected chi connectivity index (χ1v) is 9.46. The van der Waals surface area contributed by atoms with E-state index in [4.69, 9.17) is 0 Å². The molecule has 0 radical (unpaired) electrons. The number of benzene rings is 1. The standard InChI is InChI=1S/C20H35N5O.HI/c1-6-25(18-11-8-7-9-12-18)14-10-13-21-20(22-15-17(2)3)23-16-19(26)24(4)5;/h7-9,11-12,17H,6,10,13-16H2,1-5H3,(H2,21,22,23);1H. The minimum absolute atomic E-state index is 0. The predicted molar refractivity (Wildman–Crippen MR) is 126 cm³/mol. The van der Waals surface area contributed by atoms with E-state index in [1.807, 2.05) is 6.07 Å². The fourth-order valence-electron chi connectivity index (χ4n) is 2.35. The summed E-state index contributed by atoms with van der Waals surface area (Å²) in [5.41, 5.74) is 1.25. The molecule has 154 valence electrons. The van der Waals surface area contributed by atoms with Gasteiger partial charge in [-0.2, -0.15) is 0 Å². The Kier molecular flexibility index (Phi) is 13.7. The number of anilines is 1. The molecular weight excluding hydrogens is 453 g/mol. The maximum absolute atomic E-state index is 11.8. The van der Waals surface area contributed by atoms with Crippen molar-refractivity contribution in [2.75, 3.05) is 51.7 Å². The highest BCUT2D eigenvalue weighted by Crippen LogP contribution is 2.12. The molecule has 1 amide bonds. The number of amides is 1. The zero-order valence-electron chi connectivity index (χ0n) is 17.4. The molecule has 0 aliphatic heterocycles. The van der Waals surface area contributed by atoms with Crippen LogP contribution >= 0.6 is 24.0 Å². The van der Waals surface area contributed by atoms with Crippen molar-refractivity contribution in [3.63, 3.8) is 0 Å². The van der Waals surface area contributed by atoms with Crippen LogP contribution in [0.25, 0.3) is 0 Å². The summed E-state index contributed by atoms with van der Waals surface area (Å²) in [6.07, 6.45) is 0.993. The monoisotopic (exact) mass is 489 g/mol. The van der Waals surface area contributed by atoms with E-state index in [2.05, 4.69) is 65.6 Å². The molecule has 0 aromatic heterocycles. The van der Waals surface area contributed by atoms with Crippen molar-refractivity contribution >= 4 is 41.5 Å². The van der Waals surface area contributed by atoms with E-state index in [1.54, 1.807) is 19.0 Å². The molecular formula is C20H36IN5O. The molecule has 6 nitrogen and oxygen atoms in total. The van der Waals surface area contributed by atoms with Crippen LogP contribution in [0.15, 0.2) is 35.3 Å². The number of carbonyl (C=O) groups is 1. The van der Waals surface area contributed by atoms with Crippen LogP contribution in [0.4, 0.5) is 5.69 Å². The first-order valence-electron chi connectivity index (χ1n) is 9.46. The van der Waals surface area contributed by atoms with Crippen LogP contribution in [0.2, 0.25) is 0 Å². The van der Waals surface area contributed by atoms with Gasteiger partial charge in [-0.05, 0) is 31.4 Å². The molecule has 0 saturated carbocycles. The van der Waals surface area contributed by atoms with E-state index in [9.17, 15) is 4.79 Å². The molecule has 0 spiro atoms. The number of aliphatic imine (C=N–C) groups is 1. The summed E-state index contributed by atoms with van der Waals surface area (Å²) >= 11 is 0. The SMILES string of the molecule is CCN(CCCNC(=NCC(=O)N(C)C)NCC(C)C)c1ccccc1.I. The third kappa shape index (κ3) is 11.0. The molecule has 1 aromatic rings. The van der Waals surface area contributed by atoms with Crippen LogP contribution in [0, 0.1) is 5.92 Å². The van der Waals surface area contributed by atoms with Crippen molar-refractivity contribution in [3.8, 4) is 0 Å². The number of nitrogens with one attached hydrogen (secondary N) is 2. The van der Waals surface area contributed by atoms with Gasteiger partial charge in [0.15, 0.2) is 5.96 Å². The van der Waals surface area contributed by atoms with Gasteiger partial charge >= 0.3 is 0 Å². The van der Waals surface area contributed by atoms with Gasteiger partial charge in [0.25, 0.3) is 0 Å². The lowest BCUT2D eigenvalue weighted by molar-refractivity contribution is -0.127. The van der Waals surface area contributed by atoms with E-state index in [-0.39, 0.29) is 36.4 Å². The summed E-state index contributed by atoms with van der Waals surface area (Å²) in [5, 5.41) is 6.64. The summed E-state index contributed by atoms with van der Waals surface area (Å²) in [5.74, 6) is 1.22. The summed E-state index contributed by atoms with van der Waals surface area (Å²) in [7, 11) is 3.49. The summed E-state index contributed by atoms with van der Waals surface area (Å²) < 4.78 is 0. The first-order chi connectivity index (χ1) is 12.4. The molecule has 1 rings (SSSR count). The summed E-state index contributed by atoms with van der Waals surface area (Å²) in [6.45, 7) is 10.2. The molecule has 0 aliphatic rings. The van der Waals surface area contributed by atoms with Gasteiger partial charge in [0, 0.05) is 46.0 Å². The average molecular weight is 489 g/mol. The highest BCUT2D eigenvalue weighted by atomic mass is 127. The number of likely N-dealkylation sites (N-methyl/N-ethyl adjacent to an activating group) is 1. The van der Waals surface area contributed by atoms with Gasteiger partial charge in [-0.15, -0.1) is 24.0 Å². The van der Waals surface area contributed by atoms with Crippen LogP contribution in [-0.4, -0.2) is 63.6 Å².